The summed E-state index contributed by atoms with van der Waals surface area (Å²) < 4.78 is 26.6. The normalized spacial score (nSPS) is 13.9. The lowest BCUT2D eigenvalue weighted by molar-refractivity contribution is 0.147. The first-order valence-electron chi connectivity index (χ1n) is 6.69. The van der Waals surface area contributed by atoms with Crippen molar-refractivity contribution >= 4 is 0 Å². The van der Waals surface area contributed by atoms with Crippen molar-refractivity contribution in [3.8, 4) is 0 Å². The molecule has 0 amide bonds. The number of hydrogen-bond acceptors (Lipinski definition) is 2. The quantitative estimate of drug-likeness (QED) is 0.859. The van der Waals surface area contributed by atoms with Gasteiger partial charge in [0.2, 0.25) is 0 Å². The van der Waals surface area contributed by atoms with Gasteiger partial charge in [-0.15, -0.1) is 0 Å². The van der Waals surface area contributed by atoms with Crippen LogP contribution in [0, 0.1) is 17.0 Å². The van der Waals surface area contributed by atoms with Crippen molar-refractivity contribution in [1.29, 1.82) is 0 Å². The second-order valence-corrected chi connectivity index (χ2v) is 5.81. The molecule has 1 rings (SSSR count). The average Bonchev–Trinajstić information content (AvgIpc) is 2.34. The summed E-state index contributed by atoms with van der Waals surface area (Å²) in [6.07, 6.45) is 0. The van der Waals surface area contributed by atoms with Crippen LogP contribution in [-0.4, -0.2) is 24.5 Å². The Morgan fingerprint density at radius 2 is 1.74 bits per heavy atom. The molecule has 1 aromatic carbocycles. The Kier molecular flexibility index (Phi) is 5.44. The van der Waals surface area contributed by atoms with Gasteiger partial charge in [0.05, 0.1) is 0 Å². The molecule has 1 unspecified atom stereocenters. The molecule has 0 aliphatic rings. The van der Waals surface area contributed by atoms with Crippen LogP contribution < -0.4 is 5.73 Å². The van der Waals surface area contributed by atoms with Gasteiger partial charge in [-0.2, -0.15) is 0 Å². The van der Waals surface area contributed by atoms with Gasteiger partial charge in [0, 0.05) is 18.7 Å². The van der Waals surface area contributed by atoms with E-state index in [-0.39, 0.29) is 11.5 Å². The number of rotatable bonds is 6. The van der Waals surface area contributed by atoms with E-state index in [4.69, 9.17) is 5.73 Å². The number of halogens is 2. The van der Waals surface area contributed by atoms with Gasteiger partial charge in [-0.1, -0.05) is 20.8 Å². The number of hydrogen-bond donors (Lipinski definition) is 1. The maximum Gasteiger partial charge on any atom is 0.126 e. The van der Waals surface area contributed by atoms with Crippen LogP contribution in [0.3, 0.4) is 0 Å². The minimum Gasteiger partial charge on any atom is -0.330 e. The van der Waals surface area contributed by atoms with Gasteiger partial charge in [0.25, 0.3) is 0 Å². The van der Waals surface area contributed by atoms with Crippen LogP contribution in [0.15, 0.2) is 18.2 Å². The highest BCUT2D eigenvalue weighted by Gasteiger charge is 2.23. The van der Waals surface area contributed by atoms with Crippen molar-refractivity contribution in [1.82, 2.24) is 4.90 Å². The summed E-state index contributed by atoms with van der Waals surface area (Å²) in [5, 5.41) is 0. The lowest BCUT2D eigenvalue weighted by atomic mass is 9.92. The minimum atomic E-state index is -0.531. The van der Waals surface area contributed by atoms with Gasteiger partial charge < -0.3 is 5.73 Å². The Morgan fingerprint density at radius 1 is 1.21 bits per heavy atom. The molecule has 108 valence electrons. The number of nitrogens with zero attached hydrogens (tertiary/aromatic N) is 1. The molecule has 2 N–H and O–H groups in total. The third-order valence-corrected chi connectivity index (χ3v) is 3.50. The Labute approximate surface area is 114 Å². The lowest BCUT2D eigenvalue weighted by Crippen LogP contribution is -2.40. The van der Waals surface area contributed by atoms with E-state index in [0.717, 1.165) is 19.2 Å². The fourth-order valence-corrected chi connectivity index (χ4v) is 2.16. The molecule has 0 bridgehead atoms. The largest absolute Gasteiger partial charge is 0.330 e. The van der Waals surface area contributed by atoms with E-state index in [1.807, 2.05) is 13.8 Å². The third kappa shape index (κ3) is 4.55. The molecule has 0 heterocycles. The van der Waals surface area contributed by atoms with Gasteiger partial charge in [0.1, 0.15) is 11.6 Å². The predicted molar refractivity (Wildman–Crippen MR) is 74.9 cm³/mol. The molecule has 0 saturated heterocycles. The molecule has 2 nitrogen and oxygen atoms in total. The van der Waals surface area contributed by atoms with Gasteiger partial charge >= 0.3 is 0 Å². The first-order chi connectivity index (χ1) is 8.79. The van der Waals surface area contributed by atoms with Crippen LogP contribution in [0.1, 0.15) is 39.3 Å². The zero-order valence-corrected chi connectivity index (χ0v) is 12.2. The van der Waals surface area contributed by atoms with Crippen molar-refractivity contribution in [3.05, 3.63) is 35.4 Å². The summed E-state index contributed by atoms with van der Waals surface area (Å²) in [6, 6.07) is 3.65. The van der Waals surface area contributed by atoms with E-state index in [2.05, 4.69) is 18.7 Å². The van der Waals surface area contributed by atoms with Crippen molar-refractivity contribution in [2.45, 2.75) is 33.7 Å². The zero-order valence-electron chi connectivity index (χ0n) is 12.2. The van der Waals surface area contributed by atoms with Crippen molar-refractivity contribution in [2.75, 3.05) is 19.6 Å². The highest BCUT2D eigenvalue weighted by Crippen LogP contribution is 2.25. The Hall–Kier alpha value is -1.00. The maximum atomic E-state index is 13.3. The summed E-state index contributed by atoms with van der Waals surface area (Å²) >= 11 is 0. The summed E-state index contributed by atoms with van der Waals surface area (Å²) in [4.78, 5) is 2.18. The second kappa shape index (κ2) is 6.44. The molecule has 0 radical (unpaired) electrons. The van der Waals surface area contributed by atoms with E-state index >= 15 is 0 Å². The van der Waals surface area contributed by atoms with Crippen molar-refractivity contribution in [3.63, 3.8) is 0 Å². The molecular weight excluding hydrogens is 246 g/mol. The first kappa shape index (κ1) is 16.1. The van der Waals surface area contributed by atoms with Crippen LogP contribution in [0.4, 0.5) is 8.78 Å². The highest BCUT2D eigenvalue weighted by atomic mass is 19.1. The topological polar surface area (TPSA) is 29.3 Å². The Morgan fingerprint density at radius 3 is 2.16 bits per heavy atom. The summed E-state index contributed by atoms with van der Waals surface area (Å²) in [5.41, 5.74) is 6.39. The highest BCUT2D eigenvalue weighted by molar-refractivity contribution is 5.21. The van der Waals surface area contributed by atoms with Crippen LogP contribution in [0.25, 0.3) is 0 Å². The molecule has 0 aliphatic heterocycles. The second-order valence-electron chi connectivity index (χ2n) is 5.81. The molecule has 0 aromatic heterocycles. The first-order valence-corrected chi connectivity index (χ1v) is 6.69. The lowest BCUT2D eigenvalue weighted by Gasteiger charge is -2.35. The molecule has 0 fully saturated rings. The van der Waals surface area contributed by atoms with E-state index in [9.17, 15) is 8.78 Å². The van der Waals surface area contributed by atoms with E-state index in [1.165, 1.54) is 12.1 Å². The molecular formula is C15H24F2N2. The smallest absolute Gasteiger partial charge is 0.126 e. The van der Waals surface area contributed by atoms with Crippen LogP contribution in [-0.2, 0) is 0 Å². The monoisotopic (exact) mass is 270 g/mol. The van der Waals surface area contributed by atoms with Gasteiger partial charge in [-0.25, -0.2) is 8.78 Å². The average molecular weight is 270 g/mol. The number of benzene rings is 1. The minimum absolute atomic E-state index is 0.0177. The van der Waals surface area contributed by atoms with Crippen molar-refractivity contribution in [2.24, 2.45) is 11.1 Å². The summed E-state index contributed by atoms with van der Waals surface area (Å²) in [5.74, 6) is -1.06. The zero-order chi connectivity index (χ0) is 14.6. The van der Waals surface area contributed by atoms with E-state index in [0.29, 0.717) is 12.1 Å². The molecule has 0 saturated carbocycles. The molecule has 0 aliphatic carbocycles. The fourth-order valence-electron chi connectivity index (χ4n) is 2.16. The molecule has 19 heavy (non-hydrogen) atoms. The third-order valence-electron chi connectivity index (χ3n) is 3.50. The molecule has 1 aromatic rings. The Balaban J connectivity index is 2.92. The number of nitrogens with two attached hydrogens (primary N) is 1. The van der Waals surface area contributed by atoms with E-state index in [1.54, 1.807) is 0 Å². The van der Waals surface area contributed by atoms with Crippen molar-refractivity contribution < 1.29 is 8.78 Å². The van der Waals surface area contributed by atoms with Gasteiger partial charge in [-0.05, 0) is 43.1 Å². The van der Waals surface area contributed by atoms with Crippen LogP contribution in [0.5, 0.6) is 0 Å². The standard InChI is InChI=1S/C15H24F2N2/c1-5-19(10-15(3,4)9-18)11(2)12-6-13(16)8-14(17)7-12/h6-8,11H,5,9-10,18H2,1-4H3. The SMILES string of the molecule is CCN(CC(C)(C)CN)C(C)c1cc(F)cc(F)c1. The predicted octanol–water partition coefficient (Wildman–Crippen LogP) is 3.33. The maximum absolute atomic E-state index is 13.3. The van der Waals surface area contributed by atoms with Crippen LogP contribution >= 0.6 is 0 Å². The van der Waals surface area contributed by atoms with Gasteiger partial charge in [-0.3, -0.25) is 4.90 Å². The summed E-state index contributed by atoms with van der Waals surface area (Å²) in [7, 11) is 0. The molecule has 4 heteroatoms. The van der Waals surface area contributed by atoms with E-state index < -0.39 is 11.6 Å². The van der Waals surface area contributed by atoms with Crippen LogP contribution in [0.2, 0.25) is 0 Å². The molecule has 0 spiro atoms. The molecule has 1 atom stereocenters. The summed E-state index contributed by atoms with van der Waals surface area (Å²) in [6.45, 7) is 10.4. The fraction of sp³-hybridized carbons (Fsp3) is 0.600. The Bertz CT molecular complexity index is 398. The van der Waals surface area contributed by atoms with Gasteiger partial charge in [0.15, 0.2) is 0 Å².